The summed E-state index contributed by atoms with van der Waals surface area (Å²) in [6.45, 7) is 5.11. The first-order valence-electron chi connectivity index (χ1n) is 5.06. The van der Waals surface area contributed by atoms with Crippen LogP contribution in [0.2, 0.25) is 0 Å². The molecule has 1 rings (SSSR count). The lowest BCUT2D eigenvalue weighted by Crippen LogP contribution is -2.31. The molecule has 0 aliphatic heterocycles. The fourth-order valence-electron chi connectivity index (χ4n) is 1.27. The largest absolute Gasteiger partial charge is 0.478 e. The molecule has 17 heavy (non-hydrogen) atoms. The highest BCUT2D eigenvalue weighted by Crippen LogP contribution is 2.23. The van der Waals surface area contributed by atoms with Gasteiger partial charge in [-0.05, 0) is 38.5 Å². The molecule has 2 N–H and O–H groups in total. The maximum Gasteiger partial charge on any atom is 0.336 e. The Morgan fingerprint density at radius 1 is 1.35 bits per heavy atom. The smallest absolute Gasteiger partial charge is 0.336 e. The SMILES string of the molecule is Cc1c(NC(=O)C(C)(C)Br)cccc1C(=O)O. The monoisotopic (exact) mass is 299 g/mol. The van der Waals surface area contributed by atoms with Crippen molar-refractivity contribution < 1.29 is 14.7 Å². The molecule has 1 aromatic rings. The van der Waals surface area contributed by atoms with Crippen LogP contribution in [0.4, 0.5) is 5.69 Å². The number of rotatable bonds is 3. The molecule has 0 spiro atoms. The van der Waals surface area contributed by atoms with Crippen molar-refractivity contribution in [2.24, 2.45) is 0 Å². The molecule has 0 aliphatic carbocycles. The number of hydrogen-bond acceptors (Lipinski definition) is 2. The molecule has 0 aliphatic rings. The van der Waals surface area contributed by atoms with Gasteiger partial charge in [-0.25, -0.2) is 4.79 Å². The summed E-state index contributed by atoms with van der Waals surface area (Å²) in [6, 6.07) is 4.79. The first-order valence-corrected chi connectivity index (χ1v) is 5.86. The number of benzene rings is 1. The first-order chi connectivity index (χ1) is 7.73. The maximum atomic E-state index is 11.8. The molecule has 0 heterocycles. The van der Waals surface area contributed by atoms with Crippen LogP contribution in [-0.4, -0.2) is 21.3 Å². The van der Waals surface area contributed by atoms with Gasteiger partial charge in [-0.1, -0.05) is 22.0 Å². The summed E-state index contributed by atoms with van der Waals surface area (Å²) in [5.41, 5.74) is 1.25. The molecule has 0 fully saturated rings. The second-order valence-electron chi connectivity index (χ2n) is 4.21. The zero-order chi connectivity index (χ0) is 13.2. The summed E-state index contributed by atoms with van der Waals surface area (Å²) >= 11 is 3.25. The number of nitrogens with one attached hydrogen (secondary N) is 1. The van der Waals surface area contributed by atoms with Crippen LogP contribution < -0.4 is 5.32 Å². The topological polar surface area (TPSA) is 66.4 Å². The van der Waals surface area contributed by atoms with Crippen molar-refractivity contribution in [1.29, 1.82) is 0 Å². The highest BCUT2D eigenvalue weighted by Gasteiger charge is 2.24. The molecule has 0 aromatic heterocycles. The lowest BCUT2D eigenvalue weighted by molar-refractivity contribution is -0.117. The minimum atomic E-state index is -1.00. The number of carbonyl (C=O) groups is 2. The Bertz CT molecular complexity index is 463. The average molecular weight is 300 g/mol. The maximum absolute atomic E-state index is 11.8. The summed E-state index contributed by atoms with van der Waals surface area (Å²) in [5.74, 6) is -1.22. The van der Waals surface area contributed by atoms with Gasteiger partial charge in [0, 0.05) is 5.69 Å². The number of amides is 1. The van der Waals surface area contributed by atoms with E-state index in [1.165, 1.54) is 6.07 Å². The fraction of sp³-hybridized carbons (Fsp3) is 0.333. The quantitative estimate of drug-likeness (QED) is 0.844. The van der Waals surface area contributed by atoms with Crippen molar-refractivity contribution in [2.45, 2.75) is 25.1 Å². The Balaban J connectivity index is 3.05. The van der Waals surface area contributed by atoms with Gasteiger partial charge in [0.05, 0.1) is 9.89 Å². The number of hydrogen-bond donors (Lipinski definition) is 2. The van der Waals surface area contributed by atoms with Gasteiger partial charge in [0.25, 0.3) is 0 Å². The lowest BCUT2D eigenvalue weighted by atomic mass is 10.1. The van der Waals surface area contributed by atoms with Crippen molar-refractivity contribution >= 4 is 33.5 Å². The Labute approximate surface area is 108 Å². The van der Waals surface area contributed by atoms with E-state index in [4.69, 9.17) is 5.11 Å². The van der Waals surface area contributed by atoms with Crippen LogP contribution in [-0.2, 0) is 4.79 Å². The zero-order valence-corrected chi connectivity index (χ0v) is 11.5. The van der Waals surface area contributed by atoms with Gasteiger partial charge in [0.1, 0.15) is 0 Å². The van der Waals surface area contributed by atoms with Gasteiger partial charge in [0.2, 0.25) is 5.91 Å². The van der Waals surface area contributed by atoms with Crippen molar-refractivity contribution in [3.63, 3.8) is 0 Å². The van der Waals surface area contributed by atoms with E-state index in [2.05, 4.69) is 21.2 Å². The Morgan fingerprint density at radius 2 is 1.94 bits per heavy atom. The molecule has 5 heteroatoms. The van der Waals surface area contributed by atoms with Crippen molar-refractivity contribution in [1.82, 2.24) is 0 Å². The number of carboxylic acid groups (broad SMARTS) is 1. The van der Waals surface area contributed by atoms with Crippen molar-refractivity contribution in [3.05, 3.63) is 29.3 Å². The summed E-state index contributed by atoms with van der Waals surface area (Å²) < 4.78 is -0.696. The first kappa shape index (κ1) is 13.7. The van der Waals surface area contributed by atoms with Crippen LogP contribution in [0.15, 0.2) is 18.2 Å². The molecular formula is C12H14BrNO3. The highest BCUT2D eigenvalue weighted by molar-refractivity contribution is 9.10. The number of aromatic carboxylic acids is 1. The minimum absolute atomic E-state index is 0.190. The predicted octanol–water partition coefficient (Wildman–Crippen LogP) is 2.81. The lowest BCUT2D eigenvalue weighted by Gasteiger charge is -2.17. The van der Waals surface area contributed by atoms with Gasteiger partial charge in [0.15, 0.2) is 0 Å². The van der Waals surface area contributed by atoms with E-state index in [1.807, 2.05) is 0 Å². The van der Waals surface area contributed by atoms with E-state index in [1.54, 1.807) is 32.9 Å². The molecule has 0 radical (unpaired) electrons. The van der Waals surface area contributed by atoms with Crippen LogP contribution in [0.25, 0.3) is 0 Å². The molecule has 0 saturated carbocycles. The Morgan fingerprint density at radius 3 is 2.41 bits per heavy atom. The molecular weight excluding hydrogens is 286 g/mol. The zero-order valence-electron chi connectivity index (χ0n) is 9.87. The third-order valence-electron chi connectivity index (χ3n) is 2.35. The molecule has 92 valence electrons. The van der Waals surface area contributed by atoms with Crippen LogP contribution in [0.3, 0.4) is 0 Å². The fourth-order valence-corrected chi connectivity index (χ4v) is 1.37. The molecule has 0 unspecified atom stereocenters. The minimum Gasteiger partial charge on any atom is -0.478 e. The second-order valence-corrected chi connectivity index (χ2v) is 6.19. The van der Waals surface area contributed by atoms with E-state index in [-0.39, 0.29) is 11.5 Å². The van der Waals surface area contributed by atoms with Crippen LogP contribution in [0.5, 0.6) is 0 Å². The molecule has 1 amide bonds. The van der Waals surface area contributed by atoms with Crippen LogP contribution in [0.1, 0.15) is 29.8 Å². The summed E-state index contributed by atoms with van der Waals surface area (Å²) in [7, 11) is 0. The highest BCUT2D eigenvalue weighted by atomic mass is 79.9. The van der Waals surface area contributed by atoms with Crippen molar-refractivity contribution in [2.75, 3.05) is 5.32 Å². The van der Waals surface area contributed by atoms with Gasteiger partial charge in [-0.3, -0.25) is 4.79 Å². The van der Waals surface area contributed by atoms with Gasteiger partial charge in [-0.15, -0.1) is 0 Å². The third-order valence-corrected chi connectivity index (χ3v) is 2.71. The van der Waals surface area contributed by atoms with Gasteiger partial charge < -0.3 is 10.4 Å². The number of anilines is 1. The van der Waals surface area contributed by atoms with E-state index in [0.717, 1.165) is 0 Å². The van der Waals surface area contributed by atoms with E-state index in [0.29, 0.717) is 11.3 Å². The molecule has 0 bridgehead atoms. The van der Waals surface area contributed by atoms with Crippen LogP contribution in [0, 0.1) is 6.92 Å². The summed E-state index contributed by atoms with van der Waals surface area (Å²) in [5, 5.41) is 11.7. The standard InChI is InChI=1S/C12H14BrNO3/c1-7-8(10(15)16)5-4-6-9(7)14-11(17)12(2,3)13/h4-6H,1-3H3,(H,14,17)(H,15,16). The number of carboxylic acids is 1. The Hall–Kier alpha value is -1.36. The van der Waals surface area contributed by atoms with Gasteiger partial charge in [-0.2, -0.15) is 0 Å². The Kier molecular flexibility index (Phi) is 3.93. The number of alkyl halides is 1. The summed E-state index contributed by atoms with van der Waals surface area (Å²) in [6.07, 6.45) is 0. The predicted molar refractivity (Wildman–Crippen MR) is 69.8 cm³/mol. The van der Waals surface area contributed by atoms with Crippen molar-refractivity contribution in [3.8, 4) is 0 Å². The van der Waals surface area contributed by atoms with E-state index in [9.17, 15) is 9.59 Å². The third kappa shape index (κ3) is 3.30. The summed E-state index contributed by atoms with van der Waals surface area (Å²) in [4.78, 5) is 22.7. The molecule has 0 saturated heterocycles. The average Bonchev–Trinajstić information content (AvgIpc) is 2.19. The van der Waals surface area contributed by atoms with E-state index >= 15 is 0 Å². The molecule has 4 nitrogen and oxygen atoms in total. The van der Waals surface area contributed by atoms with Gasteiger partial charge >= 0.3 is 5.97 Å². The normalized spacial score (nSPS) is 11.1. The molecule has 1 aromatic carbocycles. The molecule has 0 atom stereocenters. The number of halogens is 1. The number of carbonyl (C=O) groups excluding carboxylic acids is 1. The van der Waals surface area contributed by atoms with Crippen LogP contribution >= 0.6 is 15.9 Å². The second kappa shape index (κ2) is 4.87. The van der Waals surface area contributed by atoms with E-state index < -0.39 is 10.3 Å².